The molecule has 0 radical (unpaired) electrons. The van der Waals surface area contributed by atoms with E-state index >= 15 is 0 Å². The second-order valence-corrected chi connectivity index (χ2v) is 10.1. The van der Waals surface area contributed by atoms with Gasteiger partial charge in [-0.25, -0.2) is 8.42 Å². The van der Waals surface area contributed by atoms with Crippen molar-refractivity contribution in [2.45, 2.75) is 70.6 Å². The molecule has 0 aliphatic rings. The van der Waals surface area contributed by atoms with Gasteiger partial charge in [0.2, 0.25) is 15.9 Å². The van der Waals surface area contributed by atoms with Crippen LogP contribution in [-0.2, 0) is 29.1 Å². The minimum atomic E-state index is -4.02. The van der Waals surface area contributed by atoms with E-state index in [0.29, 0.717) is 5.69 Å². The van der Waals surface area contributed by atoms with Crippen molar-refractivity contribution in [3.8, 4) is 0 Å². The third kappa shape index (κ3) is 8.81. The van der Waals surface area contributed by atoms with Crippen LogP contribution in [0.3, 0.4) is 0 Å². The smallest absolute Gasteiger partial charge is 0.327 e. The maximum Gasteiger partial charge on any atom is 0.327 e. The second-order valence-electron chi connectivity index (χ2n) is 8.34. The Kier molecular flexibility index (Phi) is 7.75. The lowest BCUT2D eigenvalue weighted by Crippen LogP contribution is -2.48. The van der Waals surface area contributed by atoms with Crippen LogP contribution in [0.4, 0.5) is 5.69 Å². The fraction of sp³-hybridized carbons (Fsp3) is 0.579. The number of carbonyl (C=O) groups is 2. The van der Waals surface area contributed by atoms with Crippen molar-refractivity contribution >= 4 is 27.6 Å². The van der Waals surface area contributed by atoms with Crippen molar-refractivity contribution in [1.82, 2.24) is 4.72 Å². The molecule has 0 fully saturated rings. The fourth-order valence-corrected chi connectivity index (χ4v) is 3.20. The number of hydrogen-bond acceptors (Lipinski definition) is 6. The maximum absolute atomic E-state index is 12.7. The molecule has 0 saturated heterocycles. The molecule has 8 nitrogen and oxygen atoms in total. The van der Waals surface area contributed by atoms with Gasteiger partial charge >= 0.3 is 5.97 Å². The van der Waals surface area contributed by atoms with Crippen LogP contribution in [0.5, 0.6) is 0 Å². The lowest BCUT2D eigenvalue weighted by atomic mass is 10.2. The quantitative estimate of drug-likeness (QED) is 0.663. The van der Waals surface area contributed by atoms with Gasteiger partial charge in [-0.15, -0.1) is 0 Å². The van der Waals surface area contributed by atoms with E-state index in [4.69, 9.17) is 9.47 Å². The fourth-order valence-electron chi connectivity index (χ4n) is 2.03. The predicted molar refractivity (Wildman–Crippen MR) is 106 cm³/mol. The van der Waals surface area contributed by atoms with Crippen molar-refractivity contribution in [2.24, 2.45) is 0 Å². The summed E-state index contributed by atoms with van der Waals surface area (Å²) in [6, 6.07) is 4.39. The molecule has 1 rings (SSSR count). The minimum Gasteiger partial charge on any atom is -0.459 e. The molecule has 1 amide bonds. The second kappa shape index (κ2) is 9.02. The maximum atomic E-state index is 12.7. The third-order valence-corrected chi connectivity index (χ3v) is 4.64. The standard InChI is InChI=1S/C19H30N2O6S/c1-13(22)20-14-8-10-15(11-9-14)28(24,25)21-16(12-26-18(2,3)4)17(23)27-19(5,6)7/h8-11,16,21H,12H2,1-7H3,(H,20,22)/t16-/m0/s1. The molecule has 28 heavy (non-hydrogen) atoms. The van der Waals surface area contributed by atoms with E-state index < -0.39 is 33.2 Å². The molecule has 1 aromatic carbocycles. The van der Waals surface area contributed by atoms with E-state index in [1.807, 2.05) is 0 Å². The van der Waals surface area contributed by atoms with Gasteiger partial charge in [0.15, 0.2) is 0 Å². The third-order valence-electron chi connectivity index (χ3n) is 3.16. The van der Waals surface area contributed by atoms with Gasteiger partial charge in [-0.2, -0.15) is 4.72 Å². The van der Waals surface area contributed by atoms with Crippen LogP contribution in [0, 0.1) is 0 Å². The Morgan fingerprint density at radius 3 is 1.96 bits per heavy atom. The van der Waals surface area contributed by atoms with Crippen molar-refractivity contribution < 1.29 is 27.5 Å². The normalized spacial score (nSPS) is 13.7. The summed E-state index contributed by atoms with van der Waals surface area (Å²) in [5, 5.41) is 2.56. The number of esters is 1. The zero-order valence-electron chi connectivity index (χ0n) is 17.5. The average molecular weight is 415 g/mol. The number of amides is 1. The molecule has 2 N–H and O–H groups in total. The number of ether oxygens (including phenoxy) is 2. The van der Waals surface area contributed by atoms with Crippen LogP contribution < -0.4 is 10.0 Å². The number of benzene rings is 1. The molecule has 0 aromatic heterocycles. The molecule has 0 unspecified atom stereocenters. The van der Waals surface area contributed by atoms with E-state index in [2.05, 4.69) is 10.0 Å². The van der Waals surface area contributed by atoms with Crippen LogP contribution in [0.15, 0.2) is 29.2 Å². The Bertz CT molecular complexity index is 789. The van der Waals surface area contributed by atoms with E-state index in [0.717, 1.165) is 0 Å². The largest absolute Gasteiger partial charge is 0.459 e. The number of sulfonamides is 1. The lowest BCUT2D eigenvalue weighted by molar-refractivity contribution is -0.159. The summed E-state index contributed by atoms with van der Waals surface area (Å²) in [4.78, 5) is 23.5. The number of hydrogen-bond donors (Lipinski definition) is 2. The highest BCUT2D eigenvalue weighted by atomic mass is 32.2. The Labute approximate surface area is 167 Å². The molecule has 9 heteroatoms. The summed E-state index contributed by atoms with van der Waals surface area (Å²) >= 11 is 0. The van der Waals surface area contributed by atoms with Gasteiger partial charge in [-0.05, 0) is 65.8 Å². The summed E-state index contributed by atoms with van der Waals surface area (Å²) in [7, 11) is -4.02. The van der Waals surface area contributed by atoms with E-state index in [1.54, 1.807) is 41.5 Å². The van der Waals surface area contributed by atoms with Gasteiger partial charge < -0.3 is 14.8 Å². The minimum absolute atomic E-state index is 0.0501. The summed E-state index contributed by atoms with van der Waals surface area (Å²) in [5.74, 6) is -0.992. The van der Waals surface area contributed by atoms with E-state index in [1.165, 1.54) is 31.2 Å². The summed E-state index contributed by atoms with van der Waals surface area (Å²) in [5.41, 5.74) is -0.875. The summed E-state index contributed by atoms with van der Waals surface area (Å²) in [6.45, 7) is 11.7. The van der Waals surface area contributed by atoms with Crippen LogP contribution in [0.1, 0.15) is 48.5 Å². The summed E-state index contributed by atoms with van der Waals surface area (Å²) < 4.78 is 38.7. The van der Waals surface area contributed by atoms with Crippen molar-refractivity contribution in [1.29, 1.82) is 0 Å². The monoisotopic (exact) mass is 414 g/mol. The number of carbonyl (C=O) groups excluding carboxylic acids is 2. The zero-order valence-corrected chi connectivity index (χ0v) is 18.3. The molecule has 1 atom stereocenters. The first-order valence-electron chi connectivity index (χ1n) is 8.86. The first-order valence-corrected chi connectivity index (χ1v) is 10.3. The number of rotatable bonds is 7. The van der Waals surface area contributed by atoms with Gasteiger partial charge in [0.05, 0.1) is 17.1 Å². The molecular weight excluding hydrogens is 384 g/mol. The molecule has 0 bridgehead atoms. The van der Waals surface area contributed by atoms with Gasteiger partial charge in [0.1, 0.15) is 11.6 Å². The molecule has 0 saturated carbocycles. The van der Waals surface area contributed by atoms with Gasteiger partial charge in [0, 0.05) is 12.6 Å². The van der Waals surface area contributed by atoms with Gasteiger partial charge in [-0.1, -0.05) is 0 Å². The summed E-state index contributed by atoms with van der Waals surface area (Å²) in [6.07, 6.45) is 0. The molecule has 0 aliphatic heterocycles. The highest BCUT2D eigenvalue weighted by Crippen LogP contribution is 2.17. The van der Waals surface area contributed by atoms with Crippen molar-refractivity contribution in [3.05, 3.63) is 24.3 Å². The lowest BCUT2D eigenvalue weighted by Gasteiger charge is -2.27. The molecular formula is C19H30N2O6S. The first kappa shape index (κ1) is 24.1. The van der Waals surface area contributed by atoms with Gasteiger partial charge in [0.25, 0.3) is 0 Å². The van der Waals surface area contributed by atoms with E-state index in [9.17, 15) is 18.0 Å². The van der Waals surface area contributed by atoms with E-state index in [-0.39, 0.29) is 17.4 Å². The van der Waals surface area contributed by atoms with Crippen LogP contribution >= 0.6 is 0 Å². The Morgan fingerprint density at radius 1 is 1.00 bits per heavy atom. The van der Waals surface area contributed by atoms with Gasteiger partial charge in [-0.3, -0.25) is 9.59 Å². The average Bonchev–Trinajstić information content (AvgIpc) is 2.48. The van der Waals surface area contributed by atoms with Crippen LogP contribution in [0.2, 0.25) is 0 Å². The highest BCUT2D eigenvalue weighted by Gasteiger charge is 2.31. The SMILES string of the molecule is CC(=O)Nc1ccc(S(=O)(=O)N[C@@H](COC(C)(C)C)C(=O)OC(C)(C)C)cc1. The Balaban J connectivity index is 3.03. The zero-order chi connectivity index (χ0) is 21.8. The predicted octanol–water partition coefficient (Wildman–Crippen LogP) is 2.45. The molecule has 1 aromatic rings. The molecule has 0 spiro atoms. The molecule has 0 heterocycles. The number of nitrogens with one attached hydrogen (secondary N) is 2. The topological polar surface area (TPSA) is 111 Å². The number of anilines is 1. The first-order chi connectivity index (χ1) is 12.6. The van der Waals surface area contributed by atoms with Crippen LogP contribution in [0.25, 0.3) is 0 Å². The highest BCUT2D eigenvalue weighted by molar-refractivity contribution is 7.89. The molecule has 158 valence electrons. The van der Waals surface area contributed by atoms with Crippen molar-refractivity contribution in [3.63, 3.8) is 0 Å². The van der Waals surface area contributed by atoms with Crippen molar-refractivity contribution in [2.75, 3.05) is 11.9 Å². The Hall–Kier alpha value is -1.97. The molecule has 0 aliphatic carbocycles. The van der Waals surface area contributed by atoms with Crippen LogP contribution in [-0.4, -0.2) is 44.1 Å². The Morgan fingerprint density at radius 2 is 1.54 bits per heavy atom.